The number of hydrogen-bond donors (Lipinski definition) is 1. The molecule has 0 aliphatic carbocycles. The van der Waals surface area contributed by atoms with Crippen molar-refractivity contribution in [1.29, 1.82) is 0 Å². The fourth-order valence-corrected chi connectivity index (χ4v) is 4.03. The summed E-state index contributed by atoms with van der Waals surface area (Å²) in [6.45, 7) is 4.02. The van der Waals surface area contributed by atoms with E-state index in [1.807, 2.05) is 0 Å². The Hall–Kier alpha value is 0.870. The van der Waals surface area contributed by atoms with E-state index in [4.69, 9.17) is 0 Å². The molecule has 0 aliphatic heterocycles. The zero-order valence-corrected chi connectivity index (χ0v) is 19.7. The van der Waals surface area contributed by atoms with Gasteiger partial charge >= 0.3 is 29.6 Å². The zero-order valence-electron chi connectivity index (χ0n) is 16.9. The first-order valence-corrected chi connectivity index (χ1v) is 11.5. The minimum Gasteiger partial charge on any atom is -0.746 e. The molecule has 4 nitrogen and oxygen atoms in total. The molecule has 146 valence electrons. The monoisotopic (exact) mass is 386 g/mol. The first kappa shape index (κ1) is 28.1. The minimum atomic E-state index is -4.64. The van der Waals surface area contributed by atoms with E-state index in [9.17, 15) is 18.1 Å². The van der Waals surface area contributed by atoms with Gasteiger partial charge in [0, 0.05) is 0 Å². The fourth-order valence-electron chi connectivity index (χ4n) is 3.18. The summed E-state index contributed by atoms with van der Waals surface area (Å²) in [6, 6.07) is 0. The van der Waals surface area contributed by atoms with Gasteiger partial charge in [-0.15, -0.1) is 0 Å². The topological polar surface area (TPSA) is 77.4 Å². The van der Waals surface area contributed by atoms with Crippen LogP contribution in [0.5, 0.6) is 0 Å². The molecule has 0 aliphatic rings. The maximum atomic E-state index is 11.2. The Morgan fingerprint density at radius 1 is 0.680 bits per heavy atom. The van der Waals surface area contributed by atoms with Gasteiger partial charge in [-0.2, -0.15) is 0 Å². The number of rotatable bonds is 17. The Balaban J connectivity index is 0. The van der Waals surface area contributed by atoms with E-state index in [0.29, 0.717) is 12.8 Å². The SMILES string of the molecule is CCCCCCCCCCCCCCCC(O)(CCC)S(=O)(=O)[O-].[Na+]. The van der Waals surface area contributed by atoms with Crippen molar-refractivity contribution in [3.05, 3.63) is 0 Å². The maximum Gasteiger partial charge on any atom is 1.00 e. The van der Waals surface area contributed by atoms with Gasteiger partial charge in [0.05, 0.1) is 0 Å². The van der Waals surface area contributed by atoms with Gasteiger partial charge < -0.3 is 9.66 Å². The van der Waals surface area contributed by atoms with E-state index < -0.39 is 15.1 Å². The summed E-state index contributed by atoms with van der Waals surface area (Å²) >= 11 is 0. The molecule has 0 saturated heterocycles. The normalized spacial score (nSPS) is 14.1. The van der Waals surface area contributed by atoms with Gasteiger partial charge in [0.15, 0.2) is 4.93 Å². The molecular weight excluding hydrogens is 347 g/mol. The van der Waals surface area contributed by atoms with Crippen LogP contribution in [0.15, 0.2) is 0 Å². The molecule has 6 heteroatoms. The Kier molecular flexibility index (Phi) is 19.1. The molecule has 0 spiro atoms. The van der Waals surface area contributed by atoms with Crippen molar-refractivity contribution >= 4 is 10.1 Å². The summed E-state index contributed by atoms with van der Waals surface area (Å²) < 4.78 is 33.6. The first-order valence-electron chi connectivity index (χ1n) is 10.0. The molecule has 1 N–H and O–H groups in total. The van der Waals surface area contributed by atoms with Crippen molar-refractivity contribution in [1.82, 2.24) is 0 Å². The van der Waals surface area contributed by atoms with Gasteiger partial charge in [0.25, 0.3) is 0 Å². The zero-order chi connectivity index (χ0) is 18.3. The predicted molar refractivity (Wildman–Crippen MR) is 99.9 cm³/mol. The van der Waals surface area contributed by atoms with Crippen LogP contribution in [0.3, 0.4) is 0 Å². The molecule has 0 amide bonds. The van der Waals surface area contributed by atoms with Crippen LogP contribution in [-0.4, -0.2) is 23.0 Å². The predicted octanol–water partition coefficient (Wildman–Crippen LogP) is 2.51. The van der Waals surface area contributed by atoms with Crippen LogP contribution in [0.1, 0.15) is 117 Å². The van der Waals surface area contributed by atoms with Crippen LogP contribution in [0, 0.1) is 0 Å². The summed E-state index contributed by atoms with van der Waals surface area (Å²) in [7, 11) is -4.64. The standard InChI is InChI=1S/C19H40O4S.Na/c1-3-5-6-7-8-9-10-11-12-13-14-15-16-18-19(20,17-4-2)24(21,22)23;/h20H,3-18H2,1-2H3,(H,21,22,23);/q;+1/p-1. The van der Waals surface area contributed by atoms with E-state index in [1.165, 1.54) is 57.8 Å². The van der Waals surface area contributed by atoms with Gasteiger partial charge in [-0.3, -0.25) is 0 Å². The van der Waals surface area contributed by atoms with Crippen LogP contribution in [-0.2, 0) is 10.1 Å². The van der Waals surface area contributed by atoms with E-state index in [-0.39, 0.29) is 42.4 Å². The number of hydrogen-bond acceptors (Lipinski definition) is 4. The third-order valence-electron chi connectivity index (χ3n) is 4.78. The third-order valence-corrected chi connectivity index (χ3v) is 6.12. The molecule has 0 radical (unpaired) electrons. The fraction of sp³-hybridized carbons (Fsp3) is 1.00. The van der Waals surface area contributed by atoms with Crippen LogP contribution >= 0.6 is 0 Å². The molecule has 1 atom stereocenters. The van der Waals surface area contributed by atoms with E-state index in [1.54, 1.807) is 6.92 Å². The Labute approximate surface area is 178 Å². The smallest absolute Gasteiger partial charge is 0.746 e. The Bertz CT molecular complexity index is 387. The van der Waals surface area contributed by atoms with Gasteiger partial charge in [0.1, 0.15) is 10.1 Å². The Morgan fingerprint density at radius 3 is 1.36 bits per heavy atom. The van der Waals surface area contributed by atoms with Crippen LogP contribution in [0.4, 0.5) is 0 Å². The average Bonchev–Trinajstić information content (AvgIpc) is 2.51. The van der Waals surface area contributed by atoms with E-state index in [2.05, 4.69) is 6.92 Å². The quantitative estimate of drug-likeness (QED) is 0.237. The molecule has 0 bridgehead atoms. The average molecular weight is 387 g/mol. The maximum absolute atomic E-state index is 11.2. The molecule has 0 rings (SSSR count). The van der Waals surface area contributed by atoms with Gasteiger partial charge in [0.2, 0.25) is 0 Å². The molecule has 0 aromatic heterocycles. The van der Waals surface area contributed by atoms with Crippen molar-refractivity contribution in [2.24, 2.45) is 0 Å². The molecular formula is C19H39NaO4S. The van der Waals surface area contributed by atoms with Crippen molar-refractivity contribution in [2.75, 3.05) is 0 Å². The van der Waals surface area contributed by atoms with Crippen LogP contribution in [0.25, 0.3) is 0 Å². The summed E-state index contributed by atoms with van der Waals surface area (Å²) in [5.41, 5.74) is 0. The van der Waals surface area contributed by atoms with Gasteiger partial charge in [-0.25, -0.2) is 8.42 Å². The molecule has 0 saturated carbocycles. The molecule has 1 unspecified atom stereocenters. The van der Waals surface area contributed by atoms with Gasteiger partial charge in [-0.1, -0.05) is 97.3 Å². The molecule has 25 heavy (non-hydrogen) atoms. The molecule has 0 aromatic carbocycles. The Morgan fingerprint density at radius 2 is 1.04 bits per heavy atom. The third kappa shape index (κ3) is 14.6. The molecule has 0 heterocycles. The molecule has 0 fully saturated rings. The number of unbranched alkanes of at least 4 members (excludes halogenated alkanes) is 12. The van der Waals surface area contributed by atoms with Crippen LogP contribution < -0.4 is 29.6 Å². The molecule has 0 aromatic rings. The number of aliphatic hydroxyl groups is 1. The summed E-state index contributed by atoms with van der Waals surface area (Å²) in [4.78, 5) is -2.06. The second-order valence-corrected chi connectivity index (χ2v) is 8.81. The van der Waals surface area contributed by atoms with Crippen molar-refractivity contribution in [3.63, 3.8) is 0 Å². The summed E-state index contributed by atoms with van der Waals surface area (Å²) in [5, 5.41) is 10.0. The van der Waals surface area contributed by atoms with Crippen molar-refractivity contribution in [2.45, 2.75) is 122 Å². The van der Waals surface area contributed by atoms with Crippen molar-refractivity contribution in [3.8, 4) is 0 Å². The van der Waals surface area contributed by atoms with Gasteiger partial charge in [-0.05, 0) is 19.3 Å². The second kappa shape index (κ2) is 17.0. The second-order valence-electron chi connectivity index (χ2n) is 7.14. The summed E-state index contributed by atoms with van der Waals surface area (Å²) in [5.74, 6) is 0. The minimum absolute atomic E-state index is 0. The largest absolute Gasteiger partial charge is 1.00 e. The first-order chi connectivity index (χ1) is 11.4. The van der Waals surface area contributed by atoms with Crippen molar-refractivity contribution < 1.29 is 47.6 Å². The van der Waals surface area contributed by atoms with E-state index >= 15 is 0 Å². The van der Waals surface area contributed by atoms with E-state index in [0.717, 1.165) is 19.3 Å². The summed E-state index contributed by atoms with van der Waals surface area (Å²) in [6.07, 6.45) is 16.3. The van der Waals surface area contributed by atoms with Crippen LogP contribution in [0.2, 0.25) is 0 Å².